The van der Waals surface area contributed by atoms with Gasteiger partial charge >= 0.3 is 0 Å². The van der Waals surface area contributed by atoms with Gasteiger partial charge in [0.1, 0.15) is 4.60 Å². The van der Waals surface area contributed by atoms with Crippen LogP contribution in [0, 0.1) is 0 Å². The van der Waals surface area contributed by atoms with Gasteiger partial charge in [-0.2, -0.15) is 5.10 Å². The predicted molar refractivity (Wildman–Crippen MR) is 70.7 cm³/mol. The number of nitrogens with one attached hydrogen (secondary N) is 1. The number of nitrogens with zero attached hydrogens (tertiary/aromatic N) is 2. The second-order valence-electron chi connectivity index (χ2n) is 4.30. The molecule has 0 saturated carbocycles. The van der Waals surface area contributed by atoms with Gasteiger partial charge in [0.05, 0.1) is 5.52 Å². The minimum atomic E-state index is 0.969. The summed E-state index contributed by atoms with van der Waals surface area (Å²) in [5.74, 6) is 0. The van der Waals surface area contributed by atoms with Crippen LogP contribution < -0.4 is 0 Å². The third kappa shape index (κ3) is 2.62. The van der Waals surface area contributed by atoms with Crippen molar-refractivity contribution in [2.75, 3.05) is 20.6 Å². The molecule has 0 aliphatic carbocycles. The van der Waals surface area contributed by atoms with Crippen molar-refractivity contribution in [3.63, 3.8) is 0 Å². The molecule has 1 aromatic carbocycles. The molecule has 0 bridgehead atoms. The van der Waals surface area contributed by atoms with Crippen molar-refractivity contribution in [2.45, 2.75) is 12.8 Å². The Bertz CT molecular complexity index is 476. The monoisotopic (exact) mass is 281 g/mol. The molecule has 2 aromatic rings. The lowest BCUT2D eigenvalue weighted by Gasteiger charge is -2.08. The van der Waals surface area contributed by atoms with Crippen LogP contribution in [0.15, 0.2) is 22.8 Å². The largest absolute Gasteiger partial charge is 0.309 e. The zero-order valence-electron chi connectivity index (χ0n) is 9.63. The summed E-state index contributed by atoms with van der Waals surface area (Å²) in [5.41, 5.74) is 2.39. The summed E-state index contributed by atoms with van der Waals surface area (Å²) in [6.45, 7) is 1.13. The van der Waals surface area contributed by atoms with E-state index in [1.165, 1.54) is 17.4 Å². The van der Waals surface area contributed by atoms with E-state index in [9.17, 15) is 0 Å². The van der Waals surface area contributed by atoms with E-state index in [-0.39, 0.29) is 0 Å². The van der Waals surface area contributed by atoms with E-state index in [1.807, 2.05) is 0 Å². The number of benzene rings is 1. The van der Waals surface area contributed by atoms with Gasteiger partial charge in [0.15, 0.2) is 0 Å². The van der Waals surface area contributed by atoms with E-state index in [0.29, 0.717) is 0 Å². The molecule has 3 nitrogen and oxygen atoms in total. The van der Waals surface area contributed by atoms with Crippen LogP contribution in [0.3, 0.4) is 0 Å². The van der Waals surface area contributed by atoms with Gasteiger partial charge in [0, 0.05) is 5.39 Å². The lowest BCUT2D eigenvalue weighted by Crippen LogP contribution is -2.13. The number of hydrogen-bond donors (Lipinski definition) is 1. The Morgan fingerprint density at radius 2 is 2.19 bits per heavy atom. The molecule has 16 heavy (non-hydrogen) atoms. The van der Waals surface area contributed by atoms with E-state index < -0.39 is 0 Å². The van der Waals surface area contributed by atoms with E-state index >= 15 is 0 Å². The fourth-order valence-corrected chi connectivity index (χ4v) is 2.19. The molecule has 0 aliphatic rings. The van der Waals surface area contributed by atoms with Crippen molar-refractivity contribution in [2.24, 2.45) is 0 Å². The highest BCUT2D eigenvalue weighted by molar-refractivity contribution is 9.10. The highest BCUT2D eigenvalue weighted by Crippen LogP contribution is 2.22. The lowest BCUT2D eigenvalue weighted by atomic mass is 10.1. The van der Waals surface area contributed by atoms with E-state index in [0.717, 1.165) is 23.1 Å². The number of hydrogen-bond acceptors (Lipinski definition) is 2. The van der Waals surface area contributed by atoms with Crippen molar-refractivity contribution in [1.82, 2.24) is 15.1 Å². The Kier molecular flexibility index (Phi) is 3.61. The molecule has 0 unspecified atom stereocenters. The molecule has 0 aliphatic heterocycles. The molecule has 4 heteroatoms. The Morgan fingerprint density at radius 3 is 2.94 bits per heavy atom. The molecule has 0 amide bonds. The first-order valence-electron chi connectivity index (χ1n) is 5.44. The second kappa shape index (κ2) is 4.97. The first kappa shape index (κ1) is 11.6. The minimum Gasteiger partial charge on any atom is -0.309 e. The maximum absolute atomic E-state index is 4.19. The van der Waals surface area contributed by atoms with Crippen LogP contribution in [0.25, 0.3) is 10.9 Å². The zero-order chi connectivity index (χ0) is 11.5. The molecule has 0 spiro atoms. The first-order chi connectivity index (χ1) is 7.66. The molecule has 0 fully saturated rings. The molecule has 2 rings (SSSR count). The average Bonchev–Trinajstić information content (AvgIpc) is 2.60. The highest BCUT2D eigenvalue weighted by atomic mass is 79.9. The second-order valence-corrected chi connectivity index (χ2v) is 5.09. The first-order valence-corrected chi connectivity index (χ1v) is 6.23. The molecule has 0 radical (unpaired) electrons. The Hall–Kier alpha value is -0.870. The Labute approximate surface area is 104 Å². The van der Waals surface area contributed by atoms with Crippen LogP contribution in [0.1, 0.15) is 12.0 Å². The van der Waals surface area contributed by atoms with Crippen LogP contribution in [-0.4, -0.2) is 35.7 Å². The Balaban J connectivity index is 2.10. The van der Waals surface area contributed by atoms with Crippen LogP contribution in [0.4, 0.5) is 0 Å². The molecule has 0 atom stereocenters. The van der Waals surface area contributed by atoms with Crippen LogP contribution in [-0.2, 0) is 6.42 Å². The number of fused-ring (bicyclic) bond motifs is 1. The van der Waals surface area contributed by atoms with Crippen molar-refractivity contribution < 1.29 is 0 Å². The quantitative estimate of drug-likeness (QED) is 0.935. The number of H-pyrrole nitrogens is 1. The van der Waals surface area contributed by atoms with Gasteiger partial charge in [-0.05, 0) is 67.1 Å². The van der Waals surface area contributed by atoms with Gasteiger partial charge in [0.2, 0.25) is 0 Å². The van der Waals surface area contributed by atoms with Crippen LogP contribution in [0.5, 0.6) is 0 Å². The topological polar surface area (TPSA) is 31.9 Å². The minimum absolute atomic E-state index is 0.969. The van der Waals surface area contributed by atoms with Crippen LogP contribution >= 0.6 is 15.9 Å². The summed E-state index contributed by atoms with van der Waals surface area (Å²) < 4.78 is 0.969. The van der Waals surface area contributed by atoms with E-state index in [2.05, 4.69) is 63.3 Å². The number of aromatic nitrogens is 2. The summed E-state index contributed by atoms with van der Waals surface area (Å²) in [6.07, 6.45) is 2.31. The Morgan fingerprint density at radius 1 is 1.38 bits per heavy atom. The maximum atomic E-state index is 4.19. The molecule has 1 heterocycles. The van der Waals surface area contributed by atoms with Gasteiger partial charge in [-0.1, -0.05) is 6.07 Å². The van der Waals surface area contributed by atoms with Gasteiger partial charge in [-0.15, -0.1) is 0 Å². The predicted octanol–water partition coefficient (Wildman–Crippen LogP) is 2.82. The van der Waals surface area contributed by atoms with Crippen molar-refractivity contribution in [3.8, 4) is 0 Å². The average molecular weight is 282 g/mol. The van der Waals surface area contributed by atoms with Gasteiger partial charge < -0.3 is 4.90 Å². The lowest BCUT2D eigenvalue weighted by molar-refractivity contribution is 0.400. The molecule has 1 N–H and O–H groups in total. The molecular weight excluding hydrogens is 266 g/mol. The third-order valence-electron chi connectivity index (χ3n) is 2.64. The SMILES string of the molecule is CN(C)CCCc1ccc2n[nH]c(Br)c2c1. The number of rotatable bonds is 4. The van der Waals surface area contributed by atoms with Gasteiger partial charge in [-0.25, -0.2) is 0 Å². The van der Waals surface area contributed by atoms with Crippen molar-refractivity contribution in [1.29, 1.82) is 0 Å². The fraction of sp³-hybridized carbons (Fsp3) is 0.417. The zero-order valence-corrected chi connectivity index (χ0v) is 11.2. The third-order valence-corrected chi connectivity index (χ3v) is 3.25. The van der Waals surface area contributed by atoms with Crippen LogP contribution in [0.2, 0.25) is 0 Å². The summed E-state index contributed by atoms with van der Waals surface area (Å²) in [7, 11) is 4.21. The standard InChI is InChI=1S/C12H16BrN3/c1-16(2)7-3-4-9-5-6-11-10(8-9)12(13)15-14-11/h5-6,8H,3-4,7H2,1-2H3,(H,14,15). The van der Waals surface area contributed by atoms with Gasteiger partial charge in [0.25, 0.3) is 0 Å². The highest BCUT2D eigenvalue weighted by Gasteiger charge is 2.03. The maximum Gasteiger partial charge on any atom is 0.108 e. The molecule has 0 saturated heterocycles. The molecular formula is C12H16BrN3. The number of aromatic amines is 1. The summed E-state index contributed by atoms with van der Waals surface area (Å²) in [5, 5.41) is 8.29. The smallest absolute Gasteiger partial charge is 0.108 e. The summed E-state index contributed by atoms with van der Waals surface area (Å²) in [4.78, 5) is 2.21. The summed E-state index contributed by atoms with van der Waals surface area (Å²) in [6, 6.07) is 6.44. The molecule has 1 aromatic heterocycles. The number of aryl methyl sites for hydroxylation is 1. The normalized spacial score (nSPS) is 11.5. The molecule has 86 valence electrons. The van der Waals surface area contributed by atoms with Gasteiger partial charge in [-0.3, -0.25) is 5.10 Å². The van der Waals surface area contributed by atoms with E-state index in [1.54, 1.807) is 0 Å². The van der Waals surface area contributed by atoms with E-state index in [4.69, 9.17) is 0 Å². The fourth-order valence-electron chi connectivity index (χ4n) is 1.78. The number of halogens is 1. The van der Waals surface area contributed by atoms with Crippen molar-refractivity contribution >= 4 is 26.8 Å². The van der Waals surface area contributed by atoms with Crippen molar-refractivity contribution in [3.05, 3.63) is 28.4 Å². The summed E-state index contributed by atoms with van der Waals surface area (Å²) >= 11 is 3.47.